The Bertz CT molecular complexity index is 323. The van der Waals surface area contributed by atoms with Crippen LogP contribution in [-0.2, 0) is 4.79 Å². The van der Waals surface area contributed by atoms with Crippen LogP contribution in [0.1, 0.15) is 78.6 Å². The molecule has 1 amide bonds. The Labute approximate surface area is 117 Å². The third kappa shape index (κ3) is 3.49. The van der Waals surface area contributed by atoms with E-state index in [1.165, 1.54) is 0 Å². The van der Waals surface area contributed by atoms with Gasteiger partial charge in [-0.3, -0.25) is 4.79 Å². The Hall–Kier alpha value is -1.04. The van der Waals surface area contributed by atoms with Crippen LogP contribution in [0.15, 0.2) is 0 Å². The average molecular weight is 264 g/mol. The Morgan fingerprint density at radius 2 is 1.58 bits per heavy atom. The van der Waals surface area contributed by atoms with E-state index < -0.39 is 5.41 Å². The number of carbonyl (C=O) groups is 1. The molecule has 0 atom stereocenters. The minimum atomic E-state index is -0.777. The van der Waals surface area contributed by atoms with Crippen molar-refractivity contribution in [3.8, 4) is 6.07 Å². The van der Waals surface area contributed by atoms with E-state index in [1.807, 2.05) is 0 Å². The second-order valence-electron chi connectivity index (χ2n) is 5.90. The van der Waals surface area contributed by atoms with Crippen molar-refractivity contribution in [1.82, 2.24) is 5.32 Å². The summed E-state index contributed by atoms with van der Waals surface area (Å²) in [6, 6.07) is 2.34. The quantitative estimate of drug-likeness (QED) is 0.765. The van der Waals surface area contributed by atoms with Crippen LogP contribution in [0.4, 0.5) is 0 Å². The first-order valence-electron chi connectivity index (χ1n) is 7.82. The van der Waals surface area contributed by atoms with Crippen LogP contribution in [0.2, 0.25) is 0 Å². The first kappa shape index (κ1) is 16.0. The summed E-state index contributed by atoms with van der Waals surface area (Å²) < 4.78 is 0. The van der Waals surface area contributed by atoms with Crippen LogP contribution in [0.3, 0.4) is 0 Å². The maximum absolute atomic E-state index is 12.7. The van der Waals surface area contributed by atoms with Crippen molar-refractivity contribution in [2.45, 2.75) is 84.1 Å². The second-order valence-corrected chi connectivity index (χ2v) is 5.90. The third-order valence-corrected chi connectivity index (χ3v) is 5.01. The van der Waals surface area contributed by atoms with Gasteiger partial charge in [0.25, 0.3) is 0 Å². The van der Waals surface area contributed by atoms with Gasteiger partial charge in [0.05, 0.1) is 6.07 Å². The molecule has 1 aliphatic rings. The van der Waals surface area contributed by atoms with E-state index >= 15 is 0 Å². The number of carbonyl (C=O) groups excluding carboxylic acids is 1. The first-order valence-corrected chi connectivity index (χ1v) is 7.82. The molecule has 0 aromatic heterocycles. The summed E-state index contributed by atoms with van der Waals surface area (Å²) in [6.07, 6.45) is 8.52. The van der Waals surface area contributed by atoms with Gasteiger partial charge < -0.3 is 5.32 Å². The molecule has 0 aliphatic heterocycles. The maximum atomic E-state index is 12.7. The highest BCUT2D eigenvalue weighted by Gasteiger charge is 2.41. The minimum Gasteiger partial charge on any atom is -0.349 e. The molecule has 19 heavy (non-hydrogen) atoms. The molecule has 1 fully saturated rings. The lowest BCUT2D eigenvalue weighted by Gasteiger charge is -2.35. The van der Waals surface area contributed by atoms with Gasteiger partial charge in [-0.15, -0.1) is 0 Å². The molecule has 0 radical (unpaired) electrons. The van der Waals surface area contributed by atoms with Crippen LogP contribution in [-0.4, -0.2) is 11.4 Å². The van der Waals surface area contributed by atoms with E-state index in [-0.39, 0.29) is 11.4 Å². The number of hydrogen-bond donors (Lipinski definition) is 1. The molecule has 0 saturated heterocycles. The molecule has 1 saturated carbocycles. The Balaban J connectivity index is 2.87. The summed E-state index contributed by atoms with van der Waals surface area (Å²) in [5, 5.41) is 12.7. The van der Waals surface area contributed by atoms with E-state index in [1.54, 1.807) is 0 Å². The number of nitrogens with zero attached hydrogens (tertiary/aromatic N) is 1. The predicted octanol–water partition coefficient (Wildman–Crippen LogP) is 3.94. The fourth-order valence-corrected chi connectivity index (χ4v) is 3.10. The zero-order valence-electron chi connectivity index (χ0n) is 12.7. The van der Waals surface area contributed by atoms with Gasteiger partial charge in [-0.25, -0.2) is 0 Å². The normalized spacial score (nSPS) is 19.3. The van der Waals surface area contributed by atoms with Crippen molar-refractivity contribution in [3.63, 3.8) is 0 Å². The summed E-state index contributed by atoms with van der Waals surface area (Å²) >= 11 is 0. The molecule has 1 N–H and O–H groups in total. The van der Waals surface area contributed by atoms with E-state index in [9.17, 15) is 10.1 Å². The van der Waals surface area contributed by atoms with Gasteiger partial charge in [-0.05, 0) is 32.1 Å². The van der Waals surface area contributed by atoms with Gasteiger partial charge in [0, 0.05) is 5.54 Å². The van der Waals surface area contributed by atoms with Gasteiger partial charge in [0.2, 0.25) is 5.91 Å². The fraction of sp³-hybridized carbons (Fsp3) is 0.875. The molecule has 0 aromatic rings. The number of hydrogen-bond acceptors (Lipinski definition) is 2. The van der Waals surface area contributed by atoms with Crippen molar-refractivity contribution in [2.75, 3.05) is 0 Å². The van der Waals surface area contributed by atoms with Crippen LogP contribution in [0.25, 0.3) is 0 Å². The molecular weight excluding hydrogens is 236 g/mol. The van der Waals surface area contributed by atoms with Gasteiger partial charge in [-0.2, -0.15) is 5.26 Å². The molecule has 3 nitrogen and oxygen atoms in total. The van der Waals surface area contributed by atoms with Crippen molar-refractivity contribution in [2.24, 2.45) is 5.41 Å². The Kier molecular flexibility index (Phi) is 5.85. The monoisotopic (exact) mass is 264 g/mol. The number of nitriles is 1. The summed E-state index contributed by atoms with van der Waals surface area (Å²) in [5.41, 5.74) is -0.908. The first-order chi connectivity index (χ1) is 9.08. The average Bonchev–Trinajstić information content (AvgIpc) is 2.71. The van der Waals surface area contributed by atoms with E-state index in [4.69, 9.17) is 0 Å². The molecule has 108 valence electrons. The zero-order valence-corrected chi connectivity index (χ0v) is 12.7. The summed E-state index contributed by atoms with van der Waals surface area (Å²) in [4.78, 5) is 12.7. The lowest BCUT2D eigenvalue weighted by molar-refractivity contribution is -0.131. The largest absolute Gasteiger partial charge is 0.349 e. The van der Waals surface area contributed by atoms with E-state index in [0.717, 1.165) is 57.8 Å². The number of rotatable bonds is 5. The molecule has 1 aliphatic carbocycles. The SMILES string of the molecule is CCC(CC)(CC)NC(=O)C1(C#N)CCCCCC1. The minimum absolute atomic E-state index is 0.0255. The molecule has 0 heterocycles. The lowest BCUT2D eigenvalue weighted by atomic mass is 9.79. The third-order valence-electron chi connectivity index (χ3n) is 5.01. The molecule has 0 spiro atoms. The second kappa shape index (κ2) is 6.93. The number of amides is 1. The highest BCUT2D eigenvalue weighted by molar-refractivity contribution is 5.86. The topological polar surface area (TPSA) is 52.9 Å². The van der Waals surface area contributed by atoms with Crippen LogP contribution < -0.4 is 5.32 Å². The number of nitrogens with one attached hydrogen (secondary N) is 1. The molecular formula is C16H28N2O. The van der Waals surface area contributed by atoms with Crippen molar-refractivity contribution in [3.05, 3.63) is 0 Å². The van der Waals surface area contributed by atoms with Crippen LogP contribution >= 0.6 is 0 Å². The van der Waals surface area contributed by atoms with Gasteiger partial charge >= 0.3 is 0 Å². The smallest absolute Gasteiger partial charge is 0.240 e. The van der Waals surface area contributed by atoms with Crippen molar-refractivity contribution < 1.29 is 4.79 Å². The van der Waals surface area contributed by atoms with Gasteiger partial charge in [-0.1, -0.05) is 46.5 Å². The standard InChI is InChI=1S/C16H28N2O/c1-4-16(5-2,6-3)18-14(19)15(13-17)11-9-7-8-10-12-15/h4-12H2,1-3H3,(H,18,19). The molecule has 3 heteroatoms. The van der Waals surface area contributed by atoms with Gasteiger partial charge in [0.1, 0.15) is 5.41 Å². The van der Waals surface area contributed by atoms with Crippen molar-refractivity contribution in [1.29, 1.82) is 5.26 Å². The Morgan fingerprint density at radius 1 is 1.11 bits per heavy atom. The highest BCUT2D eigenvalue weighted by Crippen LogP contribution is 2.36. The zero-order chi connectivity index (χ0) is 14.4. The van der Waals surface area contributed by atoms with Crippen molar-refractivity contribution >= 4 is 5.91 Å². The highest BCUT2D eigenvalue weighted by atomic mass is 16.2. The molecule has 0 unspecified atom stereocenters. The lowest BCUT2D eigenvalue weighted by Crippen LogP contribution is -2.52. The molecule has 0 bridgehead atoms. The van der Waals surface area contributed by atoms with E-state index in [2.05, 4.69) is 32.2 Å². The summed E-state index contributed by atoms with van der Waals surface area (Å²) in [5.74, 6) is -0.0255. The van der Waals surface area contributed by atoms with Crippen LogP contribution in [0.5, 0.6) is 0 Å². The molecule has 0 aromatic carbocycles. The summed E-state index contributed by atoms with van der Waals surface area (Å²) in [7, 11) is 0. The van der Waals surface area contributed by atoms with Crippen LogP contribution in [0, 0.1) is 16.7 Å². The van der Waals surface area contributed by atoms with Gasteiger partial charge in [0.15, 0.2) is 0 Å². The fourth-order valence-electron chi connectivity index (χ4n) is 3.10. The maximum Gasteiger partial charge on any atom is 0.240 e. The predicted molar refractivity (Wildman–Crippen MR) is 77.5 cm³/mol. The van der Waals surface area contributed by atoms with E-state index in [0.29, 0.717) is 0 Å². The molecule has 1 rings (SSSR count). The summed E-state index contributed by atoms with van der Waals surface area (Å²) in [6.45, 7) is 6.33. The Morgan fingerprint density at radius 3 is 1.95 bits per heavy atom.